The molecule has 30 heavy (non-hydrogen) atoms. The van der Waals surface area contributed by atoms with Crippen molar-refractivity contribution in [2.24, 2.45) is 5.10 Å². The number of thiocarbonyl (C=S) groups is 1. The topological polar surface area (TPSA) is 109 Å². The standard InChI is InChI=1S/C20H16N2O6S2/c1-27-14-8-7-11(16(19(25)26)17(14)28-2)9-15-18(24)22(20(29)30-15)21-10-12-5-3-4-6-13(12)23/h3-10,23H,1-2H3,(H,25,26)/b15-9+,21-10+. The van der Waals surface area contributed by atoms with Gasteiger partial charge >= 0.3 is 5.97 Å². The van der Waals surface area contributed by atoms with Gasteiger partial charge in [0.1, 0.15) is 11.3 Å². The number of hydrogen-bond acceptors (Lipinski definition) is 8. The summed E-state index contributed by atoms with van der Waals surface area (Å²) >= 11 is 6.21. The summed E-state index contributed by atoms with van der Waals surface area (Å²) < 4.78 is 10.5. The van der Waals surface area contributed by atoms with Gasteiger partial charge in [-0.1, -0.05) is 30.0 Å². The lowest BCUT2D eigenvalue weighted by Crippen LogP contribution is -2.22. The van der Waals surface area contributed by atoms with Crippen LogP contribution in [0.3, 0.4) is 0 Å². The minimum Gasteiger partial charge on any atom is -0.507 e. The Morgan fingerprint density at radius 3 is 2.53 bits per heavy atom. The number of phenols is 1. The third-order valence-corrected chi connectivity index (χ3v) is 5.38. The quantitative estimate of drug-likeness (QED) is 0.397. The molecule has 0 atom stereocenters. The maximum atomic E-state index is 12.8. The minimum absolute atomic E-state index is 0.0126. The van der Waals surface area contributed by atoms with E-state index in [4.69, 9.17) is 21.7 Å². The number of hydrazone groups is 1. The molecule has 0 aliphatic carbocycles. The molecule has 0 aromatic heterocycles. The average molecular weight is 444 g/mol. The Labute approximate surface area is 181 Å². The van der Waals surface area contributed by atoms with Gasteiger partial charge in [-0.05, 0) is 42.1 Å². The van der Waals surface area contributed by atoms with Gasteiger partial charge in [0, 0.05) is 5.56 Å². The van der Waals surface area contributed by atoms with Crippen LogP contribution in [-0.2, 0) is 4.79 Å². The second-order valence-electron chi connectivity index (χ2n) is 5.87. The van der Waals surface area contributed by atoms with Gasteiger partial charge in [0.05, 0.1) is 25.3 Å². The molecule has 0 saturated carbocycles. The van der Waals surface area contributed by atoms with Crippen LogP contribution < -0.4 is 9.47 Å². The molecule has 1 aliphatic heterocycles. The van der Waals surface area contributed by atoms with Crippen molar-refractivity contribution in [1.29, 1.82) is 0 Å². The van der Waals surface area contributed by atoms with E-state index < -0.39 is 11.9 Å². The number of benzene rings is 2. The maximum absolute atomic E-state index is 12.8. The van der Waals surface area contributed by atoms with Crippen LogP contribution in [0, 0.1) is 0 Å². The number of methoxy groups -OCH3 is 2. The first kappa shape index (κ1) is 21.3. The molecule has 1 fully saturated rings. The number of aromatic carboxylic acids is 1. The van der Waals surface area contributed by atoms with Gasteiger partial charge in [-0.15, -0.1) is 0 Å². The number of carboxylic acid groups (broad SMARTS) is 1. The molecule has 0 spiro atoms. The number of ether oxygens (including phenoxy) is 2. The summed E-state index contributed by atoms with van der Waals surface area (Å²) in [6.07, 6.45) is 2.74. The number of carbonyl (C=O) groups excluding carboxylic acids is 1. The highest BCUT2D eigenvalue weighted by molar-refractivity contribution is 8.26. The highest BCUT2D eigenvalue weighted by Crippen LogP contribution is 2.38. The van der Waals surface area contributed by atoms with E-state index in [2.05, 4.69) is 5.10 Å². The second-order valence-corrected chi connectivity index (χ2v) is 7.54. The Balaban J connectivity index is 1.96. The predicted octanol–water partition coefficient (Wildman–Crippen LogP) is 3.34. The number of para-hydroxylation sites is 1. The first-order valence-corrected chi connectivity index (χ1v) is 9.68. The van der Waals surface area contributed by atoms with E-state index >= 15 is 0 Å². The number of amides is 1. The SMILES string of the molecule is COc1ccc(/C=C2/SC(=S)N(/N=C/c3ccccc3O)C2=O)c(C(=O)O)c1OC. The smallest absolute Gasteiger partial charge is 0.340 e. The Hall–Kier alpha value is -3.37. The van der Waals surface area contributed by atoms with E-state index in [1.54, 1.807) is 24.3 Å². The molecule has 0 radical (unpaired) electrons. The molecule has 0 bridgehead atoms. The van der Waals surface area contributed by atoms with E-state index in [-0.39, 0.29) is 37.6 Å². The van der Waals surface area contributed by atoms with Crippen LogP contribution in [0.4, 0.5) is 0 Å². The van der Waals surface area contributed by atoms with E-state index in [1.165, 1.54) is 38.6 Å². The van der Waals surface area contributed by atoms with Crippen LogP contribution in [-0.4, -0.2) is 51.9 Å². The van der Waals surface area contributed by atoms with Crippen molar-refractivity contribution in [3.05, 3.63) is 58.0 Å². The summed E-state index contributed by atoms with van der Waals surface area (Å²) in [5, 5.41) is 24.5. The zero-order valence-corrected chi connectivity index (χ0v) is 17.5. The molecule has 2 N–H and O–H groups in total. The molecule has 1 aliphatic rings. The first-order chi connectivity index (χ1) is 14.4. The molecular weight excluding hydrogens is 428 g/mol. The molecule has 1 amide bonds. The normalized spacial score (nSPS) is 15.3. The Bertz CT molecular complexity index is 1100. The van der Waals surface area contributed by atoms with Crippen molar-refractivity contribution in [2.45, 2.75) is 0 Å². The summed E-state index contributed by atoms with van der Waals surface area (Å²) in [6, 6.07) is 9.58. The second kappa shape index (κ2) is 8.97. The van der Waals surface area contributed by atoms with Gasteiger partial charge < -0.3 is 19.7 Å². The van der Waals surface area contributed by atoms with E-state index in [9.17, 15) is 19.8 Å². The van der Waals surface area contributed by atoms with Crippen LogP contribution in [0.2, 0.25) is 0 Å². The molecule has 0 unspecified atom stereocenters. The highest BCUT2D eigenvalue weighted by atomic mass is 32.2. The monoisotopic (exact) mass is 444 g/mol. The fraction of sp³-hybridized carbons (Fsp3) is 0.100. The van der Waals surface area contributed by atoms with Gasteiger partial charge in [-0.3, -0.25) is 4.79 Å². The van der Waals surface area contributed by atoms with Gasteiger partial charge in [-0.2, -0.15) is 10.1 Å². The van der Waals surface area contributed by atoms with Crippen molar-refractivity contribution in [3.8, 4) is 17.2 Å². The van der Waals surface area contributed by atoms with Crippen molar-refractivity contribution in [3.63, 3.8) is 0 Å². The highest BCUT2D eigenvalue weighted by Gasteiger charge is 2.33. The molecule has 2 aromatic rings. The maximum Gasteiger partial charge on any atom is 0.340 e. The summed E-state index contributed by atoms with van der Waals surface area (Å²) in [7, 11) is 2.73. The number of thioether (sulfide) groups is 1. The summed E-state index contributed by atoms with van der Waals surface area (Å²) in [5.41, 5.74) is 0.536. The third kappa shape index (κ3) is 4.14. The molecule has 10 heteroatoms. The predicted molar refractivity (Wildman–Crippen MR) is 117 cm³/mol. The molecular formula is C20H16N2O6S2. The number of phenolic OH excluding ortho intramolecular Hbond substituents is 1. The Kier molecular flexibility index (Phi) is 6.38. The van der Waals surface area contributed by atoms with E-state index in [0.29, 0.717) is 5.56 Å². The molecule has 3 rings (SSSR count). The van der Waals surface area contributed by atoms with Crippen LogP contribution in [0.15, 0.2) is 46.4 Å². The summed E-state index contributed by atoms with van der Waals surface area (Å²) in [4.78, 5) is 24.8. The molecule has 2 aromatic carbocycles. The lowest BCUT2D eigenvalue weighted by atomic mass is 10.0. The van der Waals surface area contributed by atoms with E-state index in [0.717, 1.165) is 16.8 Å². The number of nitrogens with zero attached hydrogens (tertiary/aromatic N) is 2. The number of carbonyl (C=O) groups is 2. The molecule has 154 valence electrons. The van der Waals surface area contributed by atoms with Crippen LogP contribution in [0.1, 0.15) is 21.5 Å². The lowest BCUT2D eigenvalue weighted by molar-refractivity contribution is -0.122. The minimum atomic E-state index is -1.23. The first-order valence-electron chi connectivity index (χ1n) is 8.45. The zero-order valence-electron chi connectivity index (χ0n) is 15.9. The molecule has 1 heterocycles. The molecule has 8 nitrogen and oxygen atoms in total. The van der Waals surface area contributed by atoms with Crippen molar-refractivity contribution < 1.29 is 29.3 Å². The Morgan fingerprint density at radius 2 is 1.90 bits per heavy atom. The van der Waals surface area contributed by atoms with Gasteiger partial charge in [-0.25, -0.2) is 4.79 Å². The largest absolute Gasteiger partial charge is 0.507 e. The van der Waals surface area contributed by atoms with Crippen LogP contribution in [0.5, 0.6) is 17.2 Å². The number of hydrogen-bond donors (Lipinski definition) is 2. The fourth-order valence-corrected chi connectivity index (χ4v) is 3.86. The van der Waals surface area contributed by atoms with Crippen molar-refractivity contribution >= 4 is 52.5 Å². The summed E-state index contributed by atoms with van der Waals surface area (Å²) in [6.45, 7) is 0. The third-order valence-electron chi connectivity index (χ3n) is 4.10. The van der Waals surface area contributed by atoms with Crippen LogP contribution >= 0.6 is 24.0 Å². The Morgan fingerprint density at radius 1 is 1.17 bits per heavy atom. The number of carboxylic acids is 1. The molecule has 1 saturated heterocycles. The van der Waals surface area contributed by atoms with Crippen molar-refractivity contribution in [2.75, 3.05) is 14.2 Å². The van der Waals surface area contributed by atoms with Gasteiger partial charge in [0.15, 0.2) is 15.8 Å². The van der Waals surface area contributed by atoms with Gasteiger partial charge in [0.2, 0.25) is 0 Å². The fourth-order valence-electron chi connectivity index (χ4n) is 2.70. The number of rotatable bonds is 6. The number of aromatic hydroxyl groups is 1. The summed E-state index contributed by atoms with van der Waals surface area (Å²) in [5.74, 6) is -1.43. The van der Waals surface area contributed by atoms with Crippen LogP contribution in [0.25, 0.3) is 6.08 Å². The van der Waals surface area contributed by atoms with Crippen molar-refractivity contribution in [1.82, 2.24) is 5.01 Å². The average Bonchev–Trinajstić information content (AvgIpc) is 2.99. The van der Waals surface area contributed by atoms with Gasteiger partial charge in [0.25, 0.3) is 5.91 Å². The lowest BCUT2D eigenvalue weighted by Gasteiger charge is -2.12. The van der Waals surface area contributed by atoms with E-state index in [1.807, 2.05) is 0 Å². The zero-order chi connectivity index (χ0) is 21.8.